The molecule has 440 valence electrons. The van der Waals surface area contributed by atoms with Crippen LogP contribution in [0.2, 0.25) is 0 Å². The number of rotatable bonds is 52. The molecule has 0 heterocycles. The van der Waals surface area contributed by atoms with Gasteiger partial charge in [0.1, 0.15) is 12.2 Å². The van der Waals surface area contributed by atoms with E-state index in [0.717, 1.165) is 82.2 Å². The van der Waals surface area contributed by atoms with Crippen molar-refractivity contribution < 1.29 is 48.6 Å². The number of aliphatic hydroxyl groups excluding tert-OH is 2. The van der Waals surface area contributed by atoms with E-state index in [1.807, 2.05) is 0 Å². The Morgan fingerprint density at radius 3 is 1.00 bits per heavy atom. The number of alkyl halides is 2. The Balaban J connectivity index is -0.000000584. The summed E-state index contributed by atoms with van der Waals surface area (Å²) in [4.78, 5) is 0. The summed E-state index contributed by atoms with van der Waals surface area (Å²) in [5, 5.41) is 19.8. The van der Waals surface area contributed by atoms with Gasteiger partial charge in [0.25, 0.3) is 0 Å². The molecule has 2 rings (SSSR count). The fourth-order valence-corrected chi connectivity index (χ4v) is 9.40. The Kier molecular flexibility index (Phi) is 80.0. The number of allylic oxidation sites excluding steroid dienone is 4. The molecule has 0 radical (unpaired) electrons. The Morgan fingerprint density at radius 2 is 0.649 bits per heavy atom. The van der Waals surface area contributed by atoms with Gasteiger partial charge in [-0.15, -0.1) is 0 Å². The van der Waals surface area contributed by atoms with E-state index in [0.29, 0.717) is 26.4 Å². The largest absolute Gasteiger partial charge is 2.00 e. The Hall–Kier alpha value is 1.32. The van der Waals surface area contributed by atoms with Gasteiger partial charge in [-0.3, -0.25) is 0 Å². The van der Waals surface area contributed by atoms with Gasteiger partial charge in [-0.1, -0.05) is 264 Å². The fourth-order valence-electron chi connectivity index (χ4n) is 9.40. The van der Waals surface area contributed by atoms with Crippen molar-refractivity contribution in [2.24, 2.45) is 23.7 Å². The van der Waals surface area contributed by atoms with E-state index < -0.39 is 12.2 Å². The predicted octanol–water partition coefficient (Wildman–Crippen LogP) is 20.8. The second-order valence-corrected chi connectivity index (χ2v) is 25.4. The van der Waals surface area contributed by atoms with Crippen LogP contribution in [0.15, 0.2) is 24.3 Å². The smallest absolute Gasteiger partial charge is 0.388 e. The second-order valence-electron chi connectivity index (χ2n) is 21.0. The molecule has 0 aliphatic heterocycles. The van der Waals surface area contributed by atoms with Gasteiger partial charge in [0.05, 0.1) is 28.9 Å². The van der Waals surface area contributed by atoms with Crippen molar-refractivity contribution in [1.82, 2.24) is 0 Å². The zero-order chi connectivity index (χ0) is 54.4. The van der Waals surface area contributed by atoms with Crippen molar-refractivity contribution in [2.45, 2.75) is 298 Å². The fraction of sp³-hybridized carbons (Fsp3) is 0.908. The van der Waals surface area contributed by atoms with E-state index in [1.54, 1.807) is 33.1 Å². The van der Waals surface area contributed by atoms with Crippen LogP contribution in [-0.4, -0.2) is 77.7 Å². The minimum Gasteiger partial charge on any atom is -0.388 e. The van der Waals surface area contributed by atoms with Gasteiger partial charge in [-0.05, 0) is 101 Å². The normalized spacial score (nSPS) is 17.2. The molecule has 0 spiro atoms. The molecule has 0 saturated heterocycles. The molecule has 2 aliphatic rings. The molecule has 0 unspecified atom stereocenters. The van der Waals surface area contributed by atoms with Gasteiger partial charge in [0, 0.05) is 26.4 Å². The topological polar surface area (TPSA) is 77.4 Å². The predicted molar refractivity (Wildman–Crippen MR) is 341 cm³/mol. The molecular formula is C65H128I2O6Zn. The molecule has 2 N–H and O–H groups in total. The first-order valence-corrected chi connectivity index (χ1v) is 34.5. The Morgan fingerprint density at radius 1 is 0.392 bits per heavy atom. The van der Waals surface area contributed by atoms with E-state index in [2.05, 4.69) is 111 Å². The minimum atomic E-state index is -0.486. The Labute approximate surface area is 504 Å². The number of hydrogen-bond donors (Lipinski definition) is 2. The molecular weight excluding hydrogens is 1200 g/mol. The number of hydrogen-bond acceptors (Lipinski definition) is 6. The van der Waals surface area contributed by atoms with Crippen LogP contribution >= 0.6 is 45.2 Å². The molecule has 0 aromatic rings. The molecule has 0 aromatic heterocycles. The molecule has 2 fully saturated rings. The number of ether oxygens (including phenoxy) is 4. The molecule has 2 aliphatic carbocycles. The maximum atomic E-state index is 9.95. The number of halogens is 2. The first-order chi connectivity index (χ1) is 36.0. The minimum absolute atomic E-state index is 0. The molecule has 0 amide bonds. The van der Waals surface area contributed by atoms with Gasteiger partial charge < -0.3 is 43.0 Å². The van der Waals surface area contributed by atoms with Gasteiger partial charge in [0.2, 0.25) is 0 Å². The van der Waals surface area contributed by atoms with Gasteiger partial charge in [0.15, 0.2) is 0 Å². The summed E-state index contributed by atoms with van der Waals surface area (Å²) in [5.41, 5.74) is 0. The first-order valence-electron chi connectivity index (χ1n) is 31.5. The summed E-state index contributed by atoms with van der Waals surface area (Å²) in [6, 6.07) is 0. The van der Waals surface area contributed by atoms with Crippen molar-refractivity contribution in [2.75, 3.05) is 55.3 Å². The van der Waals surface area contributed by atoms with Crippen molar-refractivity contribution in [3.8, 4) is 0 Å². The third-order valence-corrected chi connectivity index (χ3v) is 14.1. The van der Waals surface area contributed by atoms with Crippen LogP contribution < -0.4 is 0 Å². The summed E-state index contributed by atoms with van der Waals surface area (Å²) in [6.45, 7) is 23.7. The summed E-state index contributed by atoms with van der Waals surface area (Å²) >= 11 is 4.55. The van der Waals surface area contributed by atoms with Crippen LogP contribution in [0.5, 0.6) is 0 Å². The Bertz CT molecular complexity index is 1040. The standard InChI is InChI=1S/C31H60O3.C29H56O3.2C2H5.CH2I2.Zn/c1-3-5-7-8-12-16-20-33-25-31(32)26-34-21-17-13-10-9-11-15-19-28-23-30(28)24-29-22-27(29)18-14-6-4-2;1-3-5-7-9-11-12-13-14-15-16-17-18-19-20-22-24-26-32-28-29(30)27-31-25-23-21-10-8-6-4-2;2*1-2;2-1-3;/h27-32H,3-26H2,1-2H3;11-12,14-15,29-30H,3-10,13,16-28H2,1-2H3;2*1H2,2H3;1H2;/q;;2*-1;;+2/b;12-11-,15-14-;;;;/t27-,28+,29-,30+,31+;29-;;;;/m10..../s1. The van der Waals surface area contributed by atoms with Crippen LogP contribution in [0, 0.1) is 37.5 Å². The van der Waals surface area contributed by atoms with Crippen LogP contribution in [0.4, 0.5) is 0 Å². The molecule has 6 atom stereocenters. The molecule has 0 bridgehead atoms. The molecule has 9 heteroatoms. The van der Waals surface area contributed by atoms with Crippen LogP contribution in [0.3, 0.4) is 0 Å². The maximum Gasteiger partial charge on any atom is 2.00 e. The van der Waals surface area contributed by atoms with Crippen molar-refractivity contribution in [3.05, 3.63) is 38.2 Å². The second kappa shape index (κ2) is 72.3. The monoisotopic (exact) mass is 1320 g/mol. The molecule has 0 aromatic carbocycles. The van der Waals surface area contributed by atoms with E-state index in [4.69, 9.17) is 18.9 Å². The molecule has 74 heavy (non-hydrogen) atoms. The van der Waals surface area contributed by atoms with Crippen LogP contribution in [0.25, 0.3) is 0 Å². The summed E-state index contributed by atoms with van der Waals surface area (Å²) in [7, 11) is 0. The van der Waals surface area contributed by atoms with Crippen molar-refractivity contribution in [1.29, 1.82) is 0 Å². The van der Waals surface area contributed by atoms with Gasteiger partial charge in [-0.25, -0.2) is 0 Å². The van der Waals surface area contributed by atoms with E-state index in [-0.39, 0.29) is 19.5 Å². The average molecular weight is 1320 g/mol. The zero-order valence-electron chi connectivity index (χ0n) is 50.4. The van der Waals surface area contributed by atoms with Gasteiger partial charge in [-0.2, -0.15) is 13.8 Å². The quantitative estimate of drug-likeness (QED) is 0.0158. The van der Waals surface area contributed by atoms with E-state index in [1.165, 1.54) is 195 Å². The van der Waals surface area contributed by atoms with Crippen LogP contribution in [0.1, 0.15) is 286 Å². The van der Waals surface area contributed by atoms with Crippen molar-refractivity contribution in [3.63, 3.8) is 0 Å². The van der Waals surface area contributed by atoms with E-state index in [9.17, 15) is 10.2 Å². The summed E-state index contributed by atoms with van der Waals surface area (Å²) in [5.74, 6) is 4.43. The average Bonchev–Trinajstić information content (AvgIpc) is 4.34. The van der Waals surface area contributed by atoms with Crippen molar-refractivity contribution >= 4 is 45.2 Å². The zero-order valence-corrected chi connectivity index (χ0v) is 57.7. The third kappa shape index (κ3) is 67.6. The summed E-state index contributed by atoms with van der Waals surface area (Å²) < 4.78 is 23.5. The first kappa shape index (κ1) is 81.8. The SMILES string of the molecule is CCCCC/C=C\C/C=C\CCCCCCCCOC[C@@H](O)COCCCCCCCC.CCCCCCCCOC[C@H](O)COCCCCCCCC[C@H]1C[C@H]1C[C@H]1C[C@H]1CCCCC.ICI.[CH2-]C.[CH2-]C.[Zn+2]. The van der Waals surface area contributed by atoms with Crippen LogP contribution in [-0.2, 0) is 38.4 Å². The maximum absolute atomic E-state index is 9.95. The van der Waals surface area contributed by atoms with E-state index >= 15 is 0 Å². The summed E-state index contributed by atoms with van der Waals surface area (Å²) in [6.07, 6.45) is 58.6. The van der Waals surface area contributed by atoms with Gasteiger partial charge >= 0.3 is 19.5 Å². The molecule has 6 nitrogen and oxygen atoms in total. The number of unbranched alkanes of at least 4 members (excludes halogenated alkanes) is 26. The molecule has 2 saturated carbocycles. The third-order valence-electron chi connectivity index (χ3n) is 14.1. The number of aliphatic hydroxyl groups is 2.